The average Bonchev–Trinajstić information content (AvgIpc) is 2.22. The van der Waals surface area contributed by atoms with Crippen LogP contribution in [0.2, 0.25) is 0 Å². The summed E-state index contributed by atoms with van der Waals surface area (Å²) in [6, 6.07) is 0. The van der Waals surface area contributed by atoms with E-state index in [4.69, 9.17) is 27.9 Å². The molecule has 0 bridgehead atoms. The van der Waals surface area contributed by atoms with Crippen molar-refractivity contribution in [1.29, 1.82) is 0 Å². The lowest BCUT2D eigenvalue weighted by Crippen LogP contribution is -2.29. The van der Waals surface area contributed by atoms with Gasteiger partial charge >= 0.3 is 0 Å². The Hall–Kier alpha value is 0.540. The first-order valence-electron chi connectivity index (χ1n) is 6.15. The minimum absolute atomic E-state index is 0.0499. The first-order valence-corrected chi connectivity index (χ1v) is 7.22. The van der Waals surface area contributed by atoms with Crippen LogP contribution >= 0.6 is 23.2 Å². The first kappa shape index (κ1) is 16.5. The van der Waals surface area contributed by atoms with Gasteiger partial charge in [0, 0.05) is 25.0 Å². The van der Waals surface area contributed by atoms with Gasteiger partial charge < -0.3 is 4.74 Å². The molecule has 16 heavy (non-hydrogen) atoms. The fourth-order valence-corrected chi connectivity index (χ4v) is 2.63. The van der Waals surface area contributed by atoms with E-state index in [-0.39, 0.29) is 5.41 Å². The summed E-state index contributed by atoms with van der Waals surface area (Å²) < 4.78 is 5.62. The molecule has 0 aliphatic carbocycles. The summed E-state index contributed by atoms with van der Waals surface area (Å²) >= 11 is 12.1. The SMILES string of the molecule is CC(C)COCCC(CCl)(CCl)CC(C)C. The number of rotatable bonds is 9. The molecule has 0 rings (SSSR count). The van der Waals surface area contributed by atoms with E-state index in [1.807, 2.05) is 0 Å². The minimum atomic E-state index is 0.0499. The number of alkyl halides is 2. The van der Waals surface area contributed by atoms with Crippen molar-refractivity contribution in [3.8, 4) is 0 Å². The quantitative estimate of drug-likeness (QED) is 0.440. The Morgan fingerprint density at radius 3 is 1.94 bits per heavy atom. The Kier molecular flexibility index (Phi) is 8.90. The molecule has 3 heteroatoms. The van der Waals surface area contributed by atoms with Gasteiger partial charge in [-0.05, 0) is 30.1 Å². The van der Waals surface area contributed by atoms with E-state index in [0.717, 1.165) is 26.1 Å². The normalized spacial score (nSPS) is 12.8. The lowest BCUT2D eigenvalue weighted by molar-refractivity contribution is 0.0811. The van der Waals surface area contributed by atoms with Gasteiger partial charge in [0.15, 0.2) is 0 Å². The van der Waals surface area contributed by atoms with Crippen molar-refractivity contribution in [2.45, 2.75) is 40.5 Å². The van der Waals surface area contributed by atoms with Gasteiger partial charge in [0.25, 0.3) is 0 Å². The zero-order chi connectivity index (χ0) is 12.6. The topological polar surface area (TPSA) is 9.23 Å². The highest BCUT2D eigenvalue weighted by Gasteiger charge is 2.29. The third-order valence-corrected chi connectivity index (χ3v) is 3.77. The molecule has 0 atom stereocenters. The van der Waals surface area contributed by atoms with E-state index in [1.54, 1.807) is 0 Å². The molecule has 0 aliphatic heterocycles. The fourth-order valence-electron chi connectivity index (χ4n) is 1.85. The molecule has 0 saturated carbocycles. The van der Waals surface area contributed by atoms with Crippen LogP contribution in [0.3, 0.4) is 0 Å². The smallest absolute Gasteiger partial charge is 0.0488 e. The van der Waals surface area contributed by atoms with Crippen LogP contribution in [0.25, 0.3) is 0 Å². The second kappa shape index (κ2) is 8.60. The standard InChI is InChI=1S/C13H26Cl2O/c1-11(2)7-13(9-14,10-15)5-6-16-8-12(3)4/h11-12H,5-10H2,1-4H3. The Morgan fingerprint density at radius 1 is 1.00 bits per heavy atom. The maximum Gasteiger partial charge on any atom is 0.0488 e. The summed E-state index contributed by atoms with van der Waals surface area (Å²) in [5.74, 6) is 2.47. The Morgan fingerprint density at radius 2 is 1.56 bits per heavy atom. The van der Waals surface area contributed by atoms with Crippen LogP contribution in [0.15, 0.2) is 0 Å². The van der Waals surface area contributed by atoms with Crippen LogP contribution in [0, 0.1) is 17.3 Å². The highest BCUT2D eigenvalue weighted by molar-refractivity contribution is 6.21. The zero-order valence-corrected chi connectivity index (χ0v) is 12.6. The van der Waals surface area contributed by atoms with Gasteiger partial charge in [0.2, 0.25) is 0 Å². The van der Waals surface area contributed by atoms with Crippen LogP contribution in [-0.4, -0.2) is 25.0 Å². The van der Waals surface area contributed by atoms with Crippen LogP contribution in [0.1, 0.15) is 40.5 Å². The fraction of sp³-hybridized carbons (Fsp3) is 1.00. The summed E-state index contributed by atoms with van der Waals surface area (Å²) in [6.07, 6.45) is 2.04. The lowest BCUT2D eigenvalue weighted by Gasteiger charge is -2.31. The average molecular weight is 269 g/mol. The van der Waals surface area contributed by atoms with Gasteiger partial charge in [-0.2, -0.15) is 0 Å². The van der Waals surface area contributed by atoms with Crippen molar-refractivity contribution in [2.24, 2.45) is 17.3 Å². The third-order valence-electron chi connectivity index (χ3n) is 2.64. The molecule has 0 aliphatic rings. The van der Waals surface area contributed by atoms with Crippen molar-refractivity contribution in [1.82, 2.24) is 0 Å². The van der Waals surface area contributed by atoms with Crippen molar-refractivity contribution in [2.75, 3.05) is 25.0 Å². The first-order chi connectivity index (χ1) is 7.45. The van der Waals surface area contributed by atoms with E-state index in [1.165, 1.54) is 0 Å². The lowest BCUT2D eigenvalue weighted by atomic mass is 9.81. The molecule has 0 fully saturated rings. The molecule has 0 unspecified atom stereocenters. The van der Waals surface area contributed by atoms with Crippen LogP contribution in [0.5, 0.6) is 0 Å². The Balaban J connectivity index is 4.01. The zero-order valence-electron chi connectivity index (χ0n) is 11.1. The molecule has 0 N–H and O–H groups in total. The van der Waals surface area contributed by atoms with Gasteiger partial charge in [0.05, 0.1) is 0 Å². The molecular formula is C13H26Cl2O. The summed E-state index contributed by atoms with van der Waals surface area (Å²) in [7, 11) is 0. The monoisotopic (exact) mass is 268 g/mol. The Bertz CT molecular complexity index is 165. The van der Waals surface area contributed by atoms with E-state index < -0.39 is 0 Å². The van der Waals surface area contributed by atoms with Gasteiger partial charge in [-0.25, -0.2) is 0 Å². The van der Waals surface area contributed by atoms with Crippen molar-refractivity contribution in [3.63, 3.8) is 0 Å². The van der Waals surface area contributed by atoms with E-state index >= 15 is 0 Å². The maximum absolute atomic E-state index is 6.07. The molecule has 0 radical (unpaired) electrons. The third kappa shape index (κ3) is 6.98. The second-order valence-corrected chi connectivity index (χ2v) is 6.12. The van der Waals surface area contributed by atoms with Gasteiger partial charge in [-0.3, -0.25) is 0 Å². The van der Waals surface area contributed by atoms with E-state index in [0.29, 0.717) is 23.6 Å². The van der Waals surface area contributed by atoms with Crippen LogP contribution < -0.4 is 0 Å². The number of halogens is 2. The Labute approximate surface area is 111 Å². The summed E-state index contributed by atoms with van der Waals surface area (Å²) in [4.78, 5) is 0. The highest BCUT2D eigenvalue weighted by atomic mass is 35.5. The van der Waals surface area contributed by atoms with Crippen LogP contribution in [0.4, 0.5) is 0 Å². The predicted octanol–water partition coefficient (Wildman–Crippen LogP) is 4.56. The maximum atomic E-state index is 6.07. The van der Waals surface area contributed by atoms with Gasteiger partial charge in [-0.15, -0.1) is 23.2 Å². The van der Waals surface area contributed by atoms with Crippen molar-refractivity contribution >= 4 is 23.2 Å². The number of hydrogen-bond donors (Lipinski definition) is 0. The highest BCUT2D eigenvalue weighted by Crippen LogP contribution is 2.33. The van der Waals surface area contributed by atoms with Gasteiger partial charge in [0.1, 0.15) is 0 Å². The molecular weight excluding hydrogens is 243 g/mol. The van der Waals surface area contributed by atoms with Crippen molar-refractivity contribution < 1.29 is 4.74 Å². The molecule has 0 amide bonds. The van der Waals surface area contributed by atoms with E-state index in [2.05, 4.69) is 27.7 Å². The predicted molar refractivity (Wildman–Crippen MR) is 73.6 cm³/mol. The molecule has 98 valence electrons. The molecule has 0 heterocycles. The molecule has 0 aromatic heterocycles. The number of ether oxygens (including phenoxy) is 1. The van der Waals surface area contributed by atoms with Crippen molar-refractivity contribution in [3.05, 3.63) is 0 Å². The summed E-state index contributed by atoms with van der Waals surface area (Å²) in [5.41, 5.74) is 0.0499. The molecule has 0 spiro atoms. The van der Waals surface area contributed by atoms with Crippen LogP contribution in [-0.2, 0) is 4.74 Å². The van der Waals surface area contributed by atoms with Gasteiger partial charge in [-0.1, -0.05) is 27.7 Å². The summed E-state index contributed by atoms with van der Waals surface area (Å²) in [6.45, 7) is 10.3. The number of hydrogen-bond acceptors (Lipinski definition) is 1. The second-order valence-electron chi connectivity index (χ2n) is 5.58. The molecule has 0 saturated heterocycles. The molecule has 0 aromatic carbocycles. The largest absolute Gasteiger partial charge is 0.381 e. The summed E-state index contributed by atoms with van der Waals surface area (Å²) in [5, 5.41) is 0. The molecule has 1 nitrogen and oxygen atoms in total. The minimum Gasteiger partial charge on any atom is -0.381 e. The van der Waals surface area contributed by atoms with E-state index in [9.17, 15) is 0 Å². The molecule has 0 aromatic rings.